The number of esters is 1. The van der Waals surface area contributed by atoms with E-state index in [4.69, 9.17) is 4.74 Å². The molecule has 146 valence electrons. The molecule has 28 heavy (non-hydrogen) atoms. The van der Waals surface area contributed by atoms with E-state index in [0.29, 0.717) is 49.5 Å². The Kier molecular flexibility index (Phi) is 6.46. The molecule has 0 atom stereocenters. The highest BCUT2D eigenvalue weighted by atomic mass is 79.9. The van der Waals surface area contributed by atoms with E-state index in [1.807, 2.05) is 12.1 Å². The summed E-state index contributed by atoms with van der Waals surface area (Å²) in [7, 11) is 0. The monoisotopic (exact) mass is 444 g/mol. The molecule has 0 spiro atoms. The molecule has 7 heteroatoms. The zero-order valence-corrected chi connectivity index (χ0v) is 17.1. The SMILES string of the molecule is CC(=O)Oc1cccc(C(=O)N2CCCN(C(=O)c3cccc(Br)c3)CC2)c1. The van der Waals surface area contributed by atoms with Gasteiger partial charge in [-0.3, -0.25) is 14.4 Å². The molecule has 0 N–H and O–H groups in total. The summed E-state index contributed by atoms with van der Waals surface area (Å²) in [4.78, 5) is 40.2. The Morgan fingerprint density at radius 3 is 2.00 bits per heavy atom. The fourth-order valence-electron chi connectivity index (χ4n) is 3.17. The first kappa shape index (κ1) is 20.1. The summed E-state index contributed by atoms with van der Waals surface area (Å²) >= 11 is 3.39. The third-order valence-corrected chi connectivity index (χ3v) is 4.98. The molecule has 1 fully saturated rings. The summed E-state index contributed by atoms with van der Waals surface area (Å²) in [5.41, 5.74) is 1.09. The molecular weight excluding hydrogens is 424 g/mol. The van der Waals surface area contributed by atoms with Gasteiger partial charge >= 0.3 is 5.97 Å². The average Bonchev–Trinajstić information content (AvgIpc) is 2.93. The van der Waals surface area contributed by atoms with E-state index >= 15 is 0 Å². The van der Waals surface area contributed by atoms with Crippen LogP contribution in [0.25, 0.3) is 0 Å². The molecule has 2 amide bonds. The first-order valence-corrected chi connectivity index (χ1v) is 9.86. The van der Waals surface area contributed by atoms with E-state index in [1.54, 1.807) is 46.2 Å². The molecule has 0 bridgehead atoms. The molecule has 0 radical (unpaired) electrons. The smallest absolute Gasteiger partial charge is 0.308 e. The lowest BCUT2D eigenvalue weighted by Crippen LogP contribution is -2.37. The van der Waals surface area contributed by atoms with Gasteiger partial charge in [0, 0.05) is 48.7 Å². The van der Waals surface area contributed by atoms with Crippen LogP contribution in [0.15, 0.2) is 53.0 Å². The fraction of sp³-hybridized carbons (Fsp3) is 0.286. The Bertz CT molecular complexity index is 899. The van der Waals surface area contributed by atoms with Crippen molar-refractivity contribution in [1.82, 2.24) is 9.80 Å². The first-order valence-electron chi connectivity index (χ1n) is 9.06. The number of rotatable bonds is 3. The van der Waals surface area contributed by atoms with Crippen molar-refractivity contribution in [3.05, 3.63) is 64.1 Å². The predicted octanol–water partition coefficient (Wildman–Crippen LogP) is 3.36. The lowest BCUT2D eigenvalue weighted by molar-refractivity contribution is -0.131. The van der Waals surface area contributed by atoms with E-state index in [9.17, 15) is 14.4 Å². The van der Waals surface area contributed by atoms with Gasteiger partial charge in [-0.25, -0.2) is 0 Å². The highest BCUT2D eigenvalue weighted by Gasteiger charge is 2.24. The van der Waals surface area contributed by atoms with Gasteiger partial charge < -0.3 is 14.5 Å². The van der Waals surface area contributed by atoms with E-state index in [0.717, 1.165) is 4.47 Å². The van der Waals surface area contributed by atoms with Crippen molar-refractivity contribution in [2.45, 2.75) is 13.3 Å². The van der Waals surface area contributed by atoms with Gasteiger partial charge in [-0.15, -0.1) is 0 Å². The second-order valence-corrected chi connectivity index (χ2v) is 7.49. The maximum Gasteiger partial charge on any atom is 0.308 e. The number of benzene rings is 2. The molecular formula is C21H21BrN2O4. The minimum atomic E-state index is -0.430. The molecule has 0 aromatic heterocycles. The van der Waals surface area contributed by atoms with Crippen LogP contribution in [0.5, 0.6) is 5.75 Å². The van der Waals surface area contributed by atoms with Crippen LogP contribution in [0.2, 0.25) is 0 Å². The lowest BCUT2D eigenvalue weighted by Gasteiger charge is -2.22. The van der Waals surface area contributed by atoms with Crippen molar-refractivity contribution in [1.29, 1.82) is 0 Å². The highest BCUT2D eigenvalue weighted by molar-refractivity contribution is 9.10. The van der Waals surface area contributed by atoms with Crippen molar-refractivity contribution in [2.75, 3.05) is 26.2 Å². The van der Waals surface area contributed by atoms with Gasteiger partial charge in [0.15, 0.2) is 0 Å². The topological polar surface area (TPSA) is 66.9 Å². The molecule has 3 rings (SSSR count). The number of amides is 2. The molecule has 1 heterocycles. The van der Waals surface area contributed by atoms with E-state index < -0.39 is 5.97 Å². The summed E-state index contributed by atoms with van der Waals surface area (Å²) in [5.74, 6) is -0.251. The molecule has 1 saturated heterocycles. The Morgan fingerprint density at radius 1 is 0.857 bits per heavy atom. The van der Waals surface area contributed by atoms with Gasteiger partial charge in [0.05, 0.1) is 0 Å². The van der Waals surface area contributed by atoms with Crippen molar-refractivity contribution in [3.8, 4) is 5.75 Å². The predicted molar refractivity (Wildman–Crippen MR) is 108 cm³/mol. The third-order valence-electron chi connectivity index (χ3n) is 4.48. The normalized spacial score (nSPS) is 14.4. The van der Waals surface area contributed by atoms with Crippen LogP contribution in [-0.4, -0.2) is 53.8 Å². The van der Waals surface area contributed by atoms with Gasteiger partial charge in [0.25, 0.3) is 11.8 Å². The van der Waals surface area contributed by atoms with Gasteiger partial charge in [-0.2, -0.15) is 0 Å². The molecule has 0 aliphatic carbocycles. The van der Waals surface area contributed by atoms with E-state index in [1.165, 1.54) is 6.92 Å². The molecule has 1 aliphatic heterocycles. The largest absolute Gasteiger partial charge is 0.427 e. The molecule has 1 aliphatic rings. The number of carbonyl (C=O) groups excluding carboxylic acids is 3. The van der Waals surface area contributed by atoms with Crippen LogP contribution >= 0.6 is 15.9 Å². The molecule has 0 saturated carbocycles. The van der Waals surface area contributed by atoms with Crippen molar-refractivity contribution in [3.63, 3.8) is 0 Å². The third kappa shape index (κ3) is 4.98. The Morgan fingerprint density at radius 2 is 1.43 bits per heavy atom. The summed E-state index contributed by atoms with van der Waals surface area (Å²) in [5, 5.41) is 0. The quantitative estimate of drug-likeness (QED) is 0.537. The Labute approximate surface area is 172 Å². The van der Waals surface area contributed by atoms with Crippen LogP contribution in [0.4, 0.5) is 0 Å². The van der Waals surface area contributed by atoms with Gasteiger partial charge in [0.1, 0.15) is 5.75 Å². The standard InChI is InChI=1S/C21H21BrN2O4/c1-15(25)28-19-8-3-6-17(14-19)21(27)24-10-4-9-23(11-12-24)20(26)16-5-2-7-18(22)13-16/h2-3,5-8,13-14H,4,9-12H2,1H3. The number of ether oxygens (including phenoxy) is 1. The molecule has 6 nitrogen and oxygen atoms in total. The maximum absolute atomic E-state index is 12.9. The summed E-state index contributed by atoms with van der Waals surface area (Å²) in [6.45, 7) is 3.42. The van der Waals surface area contributed by atoms with Crippen LogP contribution < -0.4 is 4.74 Å². The average molecular weight is 445 g/mol. The zero-order valence-electron chi connectivity index (χ0n) is 15.6. The number of hydrogen-bond donors (Lipinski definition) is 0. The minimum absolute atomic E-state index is 0.0348. The van der Waals surface area contributed by atoms with Gasteiger partial charge in [0.2, 0.25) is 0 Å². The number of carbonyl (C=O) groups is 3. The van der Waals surface area contributed by atoms with Crippen LogP contribution in [0.1, 0.15) is 34.1 Å². The van der Waals surface area contributed by atoms with Crippen molar-refractivity contribution < 1.29 is 19.1 Å². The highest BCUT2D eigenvalue weighted by Crippen LogP contribution is 2.18. The van der Waals surface area contributed by atoms with E-state index in [2.05, 4.69) is 15.9 Å². The van der Waals surface area contributed by atoms with Crippen molar-refractivity contribution in [2.24, 2.45) is 0 Å². The van der Waals surface area contributed by atoms with Crippen LogP contribution in [-0.2, 0) is 4.79 Å². The minimum Gasteiger partial charge on any atom is -0.427 e. The van der Waals surface area contributed by atoms with Gasteiger partial charge in [-0.05, 0) is 42.8 Å². The maximum atomic E-state index is 12.9. The number of halogens is 1. The Hall–Kier alpha value is -2.67. The fourth-order valence-corrected chi connectivity index (χ4v) is 3.57. The summed E-state index contributed by atoms with van der Waals surface area (Å²) in [6.07, 6.45) is 0.703. The zero-order chi connectivity index (χ0) is 20.1. The van der Waals surface area contributed by atoms with Crippen molar-refractivity contribution >= 4 is 33.7 Å². The number of nitrogens with zero attached hydrogens (tertiary/aromatic N) is 2. The molecule has 2 aromatic carbocycles. The first-order chi connectivity index (χ1) is 13.4. The summed E-state index contributed by atoms with van der Waals surface area (Å²) in [6, 6.07) is 13.9. The lowest BCUT2D eigenvalue weighted by atomic mass is 10.2. The van der Waals surface area contributed by atoms with Crippen LogP contribution in [0.3, 0.4) is 0 Å². The second kappa shape index (κ2) is 9.01. The Balaban J connectivity index is 1.67. The molecule has 0 unspecified atom stereocenters. The van der Waals surface area contributed by atoms with Gasteiger partial charge in [-0.1, -0.05) is 28.1 Å². The summed E-state index contributed by atoms with van der Waals surface area (Å²) < 4.78 is 5.92. The van der Waals surface area contributed by atoms with Crippen LogP contribution in [0, 0.1) is 0 Å². The number of hydrogen-bond acceptors (Lipinski definition) is 4. The van der Waals surface area contributed by atoms with E-state index in [-0.39, 0.29) is 11.8 Å². The second-order valence-electron chi connectivity index (χ2n) is 6.57. The molecule has 2 aromatic rings.